The molecule has 7 nitrogen and oxygen atoms in total. The van der Waals surface area contributed by atoms with Crippen molar-refractivity contribution in [3.05, 3.63) is 33.9 Å². The Morgan fingerprint density at radius 1 is 1.55 bits per heavy atom. The molecule has 0 saturated heterocycles. The number of rotatable bonds is 6. The molecule has 1 aromatic carbocycles. The van der Waals surface area contributed by atoms with Gasteiger partial charge in [-0.25, -0.2) is 0 Å². The number of benzene rings is 1. The number of carbonyl (C=O) groups excluding carboxylic acids is 1. The minimum absolute atomic E-state index is 0.0709. The molecule has 20 heavy (non-hydrogen) atoms. The summed E-state index contributed by atoms with van der Waals surface area (Å²) < 4.78 is 4.99. The largest absolute Gasteiger partial charge is 0.490 e. The quantitative estimate of drug-likeness (QED) is 0.450. The van der Waals surface area contributed by atoms with Gasteiger partial charge in [0, 0.05) is 12.6 Å². The minimum Gasteiger partial charge on any atom is -0.490 e. The van der Waals surface area contributed by atoms with Crippen LogP contribution in [0.15, 0.2) is 18.2 Å². The van der Waals surface area contributed by atoms with Gasteiger partial charge in [-0.3, -0.25) is 14.9 Å². The zero-order chi connectivity index (χ0) is 15.1. The van der Waals surface area contributed by atoms with Crippen molar-refractivity contribution in [2.45, 2.75) is 13.3 Å². The van der Waals surface area contributed by atoms with Crippen molar-refractivity contribution in [1.82, 2.24) is 4.90 Å². The van der Waals surface area contributed by atoms with E-state index in [9.17, 15) is 14.9 Å². The summed E-state index contributed by atoms with van der Waals surface area (Å²) in [5.74, 6) is -0.532. The lowest BCUT2D eigenvalue weighted by Crippen LogP contribution is -2.32. The Morgan fingerprint density at radius 3 is 2.75 bits per heavy atom. The van der Waals surface area contributed by atoms with E-state index in [2.05, 4.69) is 0 Å². The van der Waals surface area contributed by atoms with Crippen LogP contribution in [-0.2, 0) is 0 Å². The first-order valence-corrected chi connectivity index (χ1v) is 6.04. The second-order valence-corrected chi connectivity index (χ2v) is 4.00. The van der Waals surface area contributed by atoms with Gasteiger partial charge in [-0.2, -0.15) is 5.26 Å². The fraction of sp³-hybridized carbons (Fsp3) is 0.385. The maximum Gasteiger partial charge on any atom is 0.311 e. The lowest BCUT2D eigenvalue weighted by molar-refractivity contribution is -0.385. The maximum atomic E-state index is 12.4. The highest BCUT2D eigenvalue weighted by atomic mass is 16.6. The number of hydrogen-bond acceptors (Lipinski definition) is 5. The van der Waals surface area contributed by atoms with Gasteiger partial charge < -0.3 is 9.64 Å². The summed E-state index contributed by atoms with van der Waals surface area (Å²) in [7, 11) is 1.27. The Labute approximate surface area is 116 Å². The molecule has 0 aliphatic heterocycles. The van der Waals surface area contributed by atoms with E-state index in [4.69, 9.17) is 10.00 Å². The molecule has 1 aromatic rings. The van der Waals surface area contributed by atoms with Crippen LogP contribution < -0.4 is 4.74 Å². The van der Waals surface area contributed by atoms with E-state index >= 15 is 0 Å². The molecular weight excluding hydrogens is 262 g/mol. The molecule has 0 aliphatic carbocycles. The first-order chi connectivity index (χ1) is 9.56. The third-order valence-corrected chi connectivity index (χ3v) is 2.67. The highest BCUT2D eigenvalue weighted by Gasteiger charge is 2.25. The number of hydrogen-bond donors (Lipinski definition) is 0. The van der Waals surface area contributed by atoms with Crippen LogP contribution >= 0.6 is 0 Å². The summed E-state index contributed by atoms with van der Waals surface area (Å²) >= 11 is 0. The summed E-state index contributed by atoms with van der Waals surface area (Å²) in [4.78, 5) is 24.0. The normalized spacial score (nSPS) is 9.65. The molecule has 0 fully saturated rings. The lowest BCUT2D eigenvalue weighted by Gasteiger charge is -2.19. The molecule has 0 spiro atoms. The van der Waals surface area contributed by atoms with Crippen LogP contribution in [0.2, 0.25) is 0 Å². The average Bonchev–Trinajstić information content (AvgIpc) is 2.45. The molecule has 0 unspecified atom stereocenters. The molecule has 0 saturated carbocycles. The number of carbonyl (C=O) groups is 1. The van der Waals surface area contributed by atoms with Crippen LogP contribution in [0.5, 0.6) is 5.75 Å². The van der Waals surface area contributed by atoms with Crippen molar-refractivity contribution >= 4 is 11.6 Å². The van der Waals surface area contributed by atoms with Crippen molar-refractivity contribution in [2.75, 3.05) is 20.2 Å². The van der Waals surface area contributed by atoms with Gasteiger partial charge in [0.1, 0.15) is 6.54 Å². The molecule has 7 heteroatoms. The summed E-state index contributed by atoms with van der Waals surface area (Å²) in [6.07, 6.45) is 0.685. The Hall–Kier alpha value is -2.62. The van der Waals surface area contributed by atoms with E-state index in [0.29, 0.717) is 13.0 Å². The number of nitro benzene ring substituents is 1. The van der Waals surface area contributed by atoms with Gasteiger partial charge in [0.05, 0.1) is 23.7 Å². The van der Waals surface area contributed by atoms with Crippen LogP contribution in [-0.4, -0.2) is 35.9 Å². The SMILES string of the molecule is CCCN(CC#N)C(=O)c1cccc([N+](=O)[O-])c1OC. The molecule has 106 valence electrons. The van der Waals surface area contributed by atoms with Crippen molar-refractivity contribution < 1.29 is 14.5 Å². The van der Waals surface area contributed by atoms with E-state index in [1.807, 2.05) is 13.0 Å². The fourth-order valence-electron chi connectivity index (χ4n) is 1.83. The zero-order valence-corrected chi connectivity index (χ0v) is 11.3. The van der Waals surface area contributed by atoms with Gasteiger partial charge in [0.25, 0.3) is 5.91 Å². The molecule has 0 atom stereocenters. The second kappa shape index (κ2) is 7.09. The van der Waals surface area contributed by atoms with Crippen molar-refractivity contribution in [3.63, 3.8) is 0 Å². The third kappa shape index (κ3) is 3.23. The van der Waals surface area contributed by atoms with Crippen LogP contribution in [0.3, 0.4) is 0 Å². The van der Waals surface area contributed by atoms with Crippen LogP contribution in [0.4, 0.5) is 5.69 Å². The Balaban J connectivity index is 3.24. The fourth-order valence-corrected chi connectivity index (χ4v) is 1.83. The predicted molar refractivity (Wildman–Crippen MR) is 71.5 cm³/mol. The molecule has 0 radical (unpaired) electrons. The van der Waals surface area contributed by atoms with Crippen molar-refractivity contribution in [2.24, 2.45) is 0 Å². The molecule has 1 rings (SSSR count). The summed E-state index contributed by atoms with van der Waals surface area (Å²) in [5.41, 5.74) is -0.183. The van der Waals surface area contributed by atoms with Gasteiger partial charge in [0.15, 0.2) is 0 Å². The highest BCUT2D eigenvalue weighted by Crippen LogP contribution is 2.31. The van der Waals surface area contributed by atoms with E-state index < -0.39 is 10.8 Å². The van der Waals surface area contributed by atoms with Crippen LogP contribution in [0.25, 0.3) is 0 Å². The molecule has 0 heterocycles. The third-order valence-electron chi connectivity index (χ3n) is 2.67. The first-order valence-electron chi connectivity index (χ1n) is 6.04. The molecular formula is C13H15N3O4. The summed E-state index contributed by atoms with van der Waals surface area (Å²) in [6.45, 7) is 2.21. The second-order valence-electron chi connectivity index (χ2n) is 4.00. The molecule has 1 amide bonds. The molecule has 0 aromatic heterocycles. The molecule has 0 bridgehead atoms. The van der Waals surface area contributed by atoms with Gasteiger partial charge >= 0.3 is 5.69 Å². The number of nitriles is 1. The number of para-hydroxylation sites is 1. The standard InChI is InChI=1S/C13H15N3O4/c1-3-8-15(9-7-14)13(17)10-5-4-6-11(16(18)19)12(10)20-2/h4-6H,3,8-9H2,1-2H3. The Bertz CT molecular complexity index is 551. The van der Waals surface area contributed by atoms with E-state index in [0.717, 1.165) is 0 Å². The first kappa shape index (κ1) is 15.4. The highest BCUT2D eigenvalue weighted by molar-refractivity contribution is 5.98. The number of nitrogens with zero attached hydrogens (tertiary/aromatic N) is 3. The average molecular weight is 277 g/mol. The van der Waals surface area contributed by atoms with Gasteiger partial charge in [-0.15, -0.1) is 0 Å². The lowest BCUT2D eigenvalue weighted by atomic mass is 10.1. The van der Waals surface area contributed by atoms with Crippen molar-refractivity contribution in [1.29, 1.82) is 5.26 Å². The topological polar surface area (TPSA) is 96.5 Å². The molecule has 0 aliphatic rings. The monoisotopic (exact) mass is 277 g/mol. The maximum absolute atomic E-state index is 12.4. The summed E-state index contributed by atoms with van der Waals surface area (Å²) in [5, 5.41) is 19.7. The van der Waals surface area contributed by atoms with Crippen molar-refractivity contribution in [3.8, 4) is 11.8 Å². The number of ether oxygens (including phenoxy) is 1. The van der Waals surface area contributed by atoms with Gasteiger partial charge in [-0.1, -0.05) is 13.0 Å². The Kier molecular flexibility index (Phi) is 5.47. The van der Waals surface area contributed by atoms with Crippen LogP contribution in [0, 0.1) is 21.4 Å². The van der Waals surface area contributed by atoms with Gasteiger partial charge in [-0.05, 0) is 12.5 Å². The smallest absolute Gasteiger partial charge is 0.311 e. The predicted octanol–water partition coefficient (Wildman–Crippen LogP) is 1.98. The van der Waals surface area contributed by atoms with Gasteiger partial charge in [0.2, 0.25) is 5.75 Å². The summed E-state index contributed by atoms with van der Waals surface area (Å²) in [6, 6.07) is 6.05. The number of nitro groups is 1. The van der Waals surface area contributed by atoms with Crippen LogP contribution in [0.1, 0.15) is 23.7 Å². The molecule has 0 N–H and O–H groups in total. The minimum atomic E-state index is -0.607. The van der Waals surface area contributed by atoms with E-state index in [1.54, 1.807) is 0 Å². The van der Waals surface area contributed by atoms with E-state index in [1.165, 1.54) is 30.2 Å². The Morgan fingerprint density at radius 2 is 2.25 bits per heavy atom. The van der Waals surface area contributed by atoms with E-state index in [-0.39, 0.29) is 23.5 Å². The zero-order valence-electron chi connectivity index (χ0n) is 11.3. The number of methoxy groups -OCH3 is 1. The number of amides is 1.